The van der Waals surface area contributed by atoms with Crippen molar-refractivity contribution in [2.75, 3.05) is 5.32 Å². The molecule has 2 unspecified atom stereocenters. The Hall–Kier alpha value is -2.89. The number of benzene rings is 3. The third kappa shape index (κ3) is 6.71. The first-order valence-electron chi connectivity index (χ1n) is 13.1. The van der Waals surface area contributed by atoms with Gasteiger partial charge < -0.3 is 19.5 Å². The molecule has 0 amide bonds. The van der Waals surface area contributed by atoms with Gasteiger partial charge in [-0.15, -0.1) is 0 Å². The van der Waals surface area contributed by atoms with Gasteiger partial charge in [-0.2, -0.15) is 0 Å². The Morgan fingerprint density at radius 2 is 1.70 bits per heavy atom. The van der Waals surface area contributed by atoms with Crippen molar-refractivity contribution < 1.29 is 18.6 Å². The van der Waals surface area contributed by atoms with Crippen LogP contribution in [0.5, 0.6) is 5.75 Å². The minimum Gasteiger partial charge on any atom is -0.485 e. The fourth-order valence-electron chi connectivity index (χ4n) is 4.71. The lowest BCUT2D eigenvalue weighted by atomic mass is 9.87. The maximum absolute atomic E-state index is 13.7. The van der Waals surface area contributed by atoms with Gasteiger partial charge >= 0.3 is 0 Å². The van der Waals surface area contributed by atoms with E-state index in [1.54, 1.807) is 6.07 Å². The second-order valence-electron chi connectivity index (χ2n) is 11.7. The number of halogens is 1. The minimum absolute atomic E-state index is 0.00929. The summed E-state index contributed by atoms with van der Waals surface area (Å²) >= 11 is 0. The Morgan fingerprint density at radius 1 is 0.973 bits per heavy atom. The Bertz CT molecular complexity index is 1200. The largest absolute Gasteiger partial charge is 0.485 e. The highest BCUT2D eigenvalue weighted by Gasteiger charge is 2.46. The first-order chi connectivity index (χ1) is 17.4. The number of hydrogen-bond donors (Lipinski definition) is 1. The number of ether oxygens (including phenoxy) is 3. The first kappa shape index (κ1) is 27.2. The van der Waals surface area contributed by atoms with Crippen molar-refractivity contribution in [3.8, 4) is 5.75 Å². The Labute approximate surface area is 221 Å². The van der Waals surface area contributed by atoms with Gasteiger partial charge in [0.2, 0.25) is 0 Å². The van der Waals surface area contributed by atoms with Crippen molar-refractivity contribution in [1.29, 1.82) is 0 Å². The lowest BCUT2D eigenvalue weighted by molar-refractivity contribution is -0.177. The van der Waals surface area contributed by atoms with E-state index in [1.165, 1.54) is 23.3 Å². The Kier molecular flexibility index (Phi) is 7.96. The van der Waals surface area contributed by atoms with E-state index >= 15 is 0 Å². The van der Waals surface area contributed by atoms with Gasteiger partial charge in [0.15, 0.2) is 0 Å². The SMILES string of the molecule is CC(C)OC1c2cc(NCc3ccc(C(C)(C)C)cc3)ccc2OC(C)(C)C1OCc1cccc(F)c1. The summed E-state index contributed by atoms with van der Waals surface area (Å²) in [6.07, 6.45) is -0.726. The van der Waals surface area contributed by atoms with Gasteiger partial charge in [-0.05, 0) is 80.1 Å². The molecule has 0 fully saturated rings. The molecule has 1 aliphatic heterocycles. The van der Waals surface area contributed by atoms with Crippen molar-refractivity contribution >= 4 is 5.69 Å². The van der Waals surface area contributed by atoms with Crippen molar-refractivity contribution in [2.45, 2.75) is 90.9 Å². The average molecular weight is 506 g/mol. The molecule has 0 bridgehead atoms. The van der Waals surface area contributed by atoms with Crippen LogP contribution < -0.4 is 10.1 Å². The zero-order valence-electron chi connectivity index (χ0n) is 23.1. The molecule has 1 heterocycles. The molecule has 0 aliphatic carbocycles. The monoisotopic (exact) mass is 505 g/mol. The van der Waals surface area contributed by atoms with Crippen LogP contribution >= 0.6 is 0 Å². The molecule has 3 aromatic rings. The van der Waals surface area contributed by atoms with Crippen LogP contribution in [0.1, 0.15) is 76.8 Å². The fourth-order valence-corrected chi connectivity index (χ4v) is 4.71. The molecule has 198 valence electrons. The number of anilines is 1. The van der Waals surface area contributed by atoms with E-state index in [0.29, 0.717) is 6.54 Å². The standard InChI is InChI=1S/C32H40FNO3/c1-21(2)36-29-27-18-26(34-19-22-11-13-24(14-12-22)31(3,4)5)15-16-28(27)37-32(6,7)30(29)35-20-23-9-8-10-25(33)17-23/h8-18,21,29-30,34H,19-20H2,1-7H3. The molecule has 0 saturated heterocycles. The lowest BCUT2D eigenvalue weighted by Crippen LogP contribution is -2.51. The zero-order valence-corrected chi connectivity index (χ0v) is 23.1. The van der Waals surface area contributed by atoms with Crippen LogP contribution in [0.25, 0.3) is 0 Å². The molecule has 1 N–H and O–H groups in total. The number of rotatable bonds is 8. The van der Waals surface area contributed by atoms with Crippen molar-refractivity contribution in [3.63, 3.8) is 0 Å². The third-order valence-corrected chi connectivity index (χ3v) is 6.70. The molecule has 0 spiro atoms. The molecule has 0 saturated carbocycles. The lowest BCUT2D eigenvalue weighted by Gasteiger charge is -2.45. The van der Waals surface area contributed by atoms with E-state index in [9.17, 15) is 4.39 Å². The summed E-state index contributed by atoms with van der Waals surface area (Å²) in [5.41, 5.74) is 4.75. The summed E-state index contributed by atoms with van der Waals surface area (Å²) in [6, 6.07) is 21.4. The highest BCUT2D eigenvalue weighted by Crippen LogP contribution is 2.45. The van der Waals surface area contributed by atoms with Crippen molar-refractivity contribution in [2.24, 2.45) is 0 Å². The smallest absolute Gasteiger partial charge is 0.132 e. The summed E-state index contributed by atoms with van der Waals surface area (Å²) < 4.78 is 33.0. The third-order valence-electron chi connectivity index (χ3n) is 6.70. The molecule has 3 aromatic carbocycles. The molecular formula is C32H40FNO3. The van der Waals surface area contributed by atoms with Gasteiger partial charge in [-0.1, -0.05) is 57.2 Å². The normalized spacial score (nSPS) is 18.8. The minimum atomic E-state index is -0.635. The van der Waals surface area contributed by atoms with Crippen LogP contribution in [-0.4, -0.2) is 17.8 Å². The molecule has 37 heavy (non-hydrogen) atoms. The van der Waals surface area contributed by atoms with Crippen LogP contribution in [-0.2, 0) is 28.0 Å². The molecule has 4 rings (SSSR count). The first-order valence-corrected chi connectivity index (χ1v) is 13.1. The average Bonchev–Trinajstić information content (AvgIpc) is 2.81. The molecule has 2 atom stereocenters. The van der Waals surface area contributed by atoms with Gasteiger partial charge in [0, 0.05) is 17.8 Å². The molecule has 0 aromatic heterocycles. The molecule has 4 nitrogen and oxygen atoms in total. The molecule has 1 aliphatic rings. The van der Waals surface area contributed by atoms with E-state index in [4.69, 9.17) is 14.2 Å². The molecular weight excluding hydrogens is 465 g/mol. The summed E-state index contributed by atoms with van der Waals surface area (Å²) in [6.45, 7) is 15.7. The van der Waals surface area contributed by atoms with Crippen LogP contribution in [0.4, 0.5) is 10.1 Å². The predicted molar refractivity (Wildman–Crippen MR) is 148 cm³/mol. The number of fused-ring (bicyclic) bond motifs is 1. The van der Waals surface area contributed by atoms with Gasteiger partial charge in [-0.3, -0.25) is 0 Å². The summed E-state index contributed by atoms with van der Waals surface area (Å²) in [5.74, 6) is 0.519. The van der Waals surface area contributed by atoms with Crippen LogP contribution in [0.2, 0.25) is 0 Å². The fraction of sp³-hybridized carbons (Fsp3) is 0.438. The van der Waals surface area contributed by atoms with Crippen LogP contribution in [0.15, 0.2) is 66.7 Å². The van der Waals surface area contributed by atoms with Gasteiger partial charge in [-0.25, -0.2) is 4.39 Å². The zero-order chi connectivity index (χ0) is 26.8. The van der Waals surface area contributed by atoms with E-state index in [1.807, 2.05) is 45.9 Å². The maximum atomic E-state index is 13.7. The summed E-state index contributed by atoms with van der Waals surface area (Å²) in [5, 5.41) is 3.55. The van der Waals surface area contributed by atoms with Gasteiger partial charge in [0.25, 0.3) is 0 Å². The highest BCUT2D eigenvalue weighted by atomic mass is 19.1. The number of hydrogen-bond acceptors (Lipinski definition) is 4. The van der Waals surface area contributed by atoms with E-state index in [-0.39, 0.29) is 36.2 Å². The van der Waals surface area contributed by atoms with Gasteiger partial charge in [0.1, 0.15) is 29.4 Å². The topological polar surface area (TPSA) is 39.7 Å². The quantitative estimate of drug-likeness (QED) is 0.337. The molecule has 0 radical (unpaired) electrons. The highest BCUT2D eigenvalue weighted by molar-refractivity contribution is 5.54. The van der Waals surface area contributed by atoms with E-state index in [2.05, 4.69) is 56.4 Å². The predicted octanol–water partition coefficient (Wildman–Crippen LogP) is 7.96. The van der Waals surface area contributed by atoms with E-state index < -0.39 is 5.60 Å². The Morgan fingerprint density at radius 3 is 2.35 bits per heavy atom. The van der Waals surface area contributed by atoms with Crippen LogP contribution in [0.3, 0.4) is 0 Å². The maximum Gasteiger partial charge on any atom is 0.132 e. The summed E-state index contributed by atoms with van der Waals surface area (Å²) in [4.78, 5) is 0. The van der Waals surface area contributed by atoms with Crippen molar-refractivity contribution in [1.82, 2.24) is 0 Å². The van der Waals surface area contributed by atoms with E-state index in [0.717, 1.165) is 22.6 Å². The number of nitrogens with one attached hydrogen (secondary N) is 1. The van der Waals surface area contributed by atoms with Crippen molar-refractivity contribution in [3.05, 3.63) is 94.8 Å². The van der Waals surface area contributed by atoms with Crippen LogP contribution in [0, 0.1) is 5.82 Å². The second kappa shape index (κ2) is 10.8. The Balaban J connectivity index is 1.55. The molecule has 5 heteroatoms. The summed E-state index contributed by atoms with van der Waals surface area (Å²) in [7, 11) is 0. The second-order valence-corrected chi connectivity index (χ2v) is 11.7. The van der Waals surface area contributed by atoms with Gasteiger partial charge in [0.05, 0.1) is 12.7 Å².